The van der Waals surface area contributed by atoms with Crippen molar-refractivity contribution in [2.45, 2.75) is 50.7 Å². The molecule has 0 unspecified atom stereocenters. The van der Waals surface area contributed by atoms with Crippen LogP contribution in [0.5, 0.6) is 5.75 Å². The molecule has 3 aliphatic rings. The van der Waals surface area contributed by atoms with Crippen LogP contribution < -0.4 is 9.64 Å². The Balaban J connectivity index is 1.50. The molecule has 0 saturated carbocycles. The third kappa shape index (κ3) is 4.09. The number of ether oxygens (including phenoxy) is 1. The first-order valence-corrected chi connectivity index (χ1v) is 14.2. The highest BCUT2D eigenvalue weighted by atomic mass is 32.2. The van der Waals surface area contributed by atoms with Gasteiger partial charge in [0.2, 0.25) is 11.8 Å². The number of hydrogen-bond acceptors (Lipinski definition) is 6. The summed E-state index contributed by atoms with van der Waals surface area (Å²) in [4.78, 5) is 31.9. The zero-order chi connectivity index (χ0) is 25.4. The van der Waals surface area contributed by atoms with Gasteiger partial charge in [0.05, 0.1) is 25.4 Å². The van der Waals surface area contributed by atoms with E-state index in [-0.39, 0.29) is 11.8 Å². The number of para-hydroxylation sites is 1. The molecule has 1 aromatic heterocycles. The summed E-state index contributed by atoms with van der Waals surface area (Å²) in [6.07, 6.45) is 3.73. The van der Waals surface area contributed by atoms with E-state index in [4.69, 9.17) is 4.74 Å². The van der Waals surface area contributed by atoms with Crippen molar-refractivity contribution in [3.05, 3.63) is 71.5 Å². The second kappa shape index (κ2) is 9.85. The lowest BCUT2D eigenvalue weighted by molar-refractivity contribution is -0.133. The first-order valence-electron chi connectivity index (χ1n) is 13.0. The van der Waals surface area contributed by atoms with E-state index in [1.54, 1.807) is 11.8 Å². The number of aryl methyl sites for hydroxylation is 1. The van der Waals surface area contributed by atoms with Crippen molar-refractivity contribution in [3.8, 4) is 5.75 Å². The van der Waals surface area contributed by atoms with E-state index < -0.39 is 11.5 Å². The minimum absolute atomic E-state index is 0.0210. The van der Waals surface area contributed by atoms with Crippen molar-refractivity contribution in [2.75, 3.05) is 29.6 Å². The molecule has 0 N–H and O–H groups in total. The van der Waals surface area contributed by atoms with Gasteiger partial charge in [-0.05, 0) is 41.5 Å². The number of rotatable bonds is 4. The molecule has 3 aliphatic heterocycles. The Labute approximate surface area is 221 Å². The molecule has 1 spiro atoms. The average Bonchev–Trinajstić information content (AvgIpc) is 3.60. The normalized spacial score (nSPS) is 22.6. The van der Waals surface area contributed by atoms with Gasteiger partial charge in [-0.15, -0.1) is 5.10 Å². The molecule has 2 amide bonds. The number of anilines is 1. The van der Waals surface area contributed by atoms with Crippen LogP contribution in [0.15, 0.2) is 54.7 Å². The predicted octanol–water partition coefficient (Wildman–Crippen LogP) is 3.96. The number of benzene rings is 2. The topological polar surface area (TPSA) is 80.6 Å². The molecule has 0 radical (unpaired) electrons. The summed E-state index contributed by atoms with van der Waals surface area (Å²) in [6.45, 7) is 4.21. The summed E-state index contributed by atoms with van der Waals surface area (Å²) >= 11 is 1.77. The van der Waals surface area contributed by atoms with Gasteiger partial charge in [-0.25, -0.2) is 0 Å². The third-order valence-corrected chi connectivity index (χ3v) is 8.59. The Morgan fingerprint density at radius 1 is 1.19 bits per heavy atom. The molecule has 2 aromatic carbocycles. The van der Waals surface area contributed by atoms with E-state index in [0.717, 1.165) is 46.2 Å². The lowest BCUT2D eigenvalue weighted by Gasteiger charge is -2.35. The van der Waals surface area contributed by atoms with E-state index >= 15 is 0 Å². The molecule has 1 saturated heterocycles. The molecule has 6 rings (SSSR count). The number of carbonyl (C=O) groups is 2. The summed E-state index contributed by atoms with van der Waals surface area (Å²) < 4.78 is 7.91. The summed E-state index contributed by atoms with van der Waals surface area (Å²) in [6, 6.07) is 15.6. The first-order chi connectivity index (χ1) is 18.1. The Morgan fingerprint density at radius 3 is 2.97 bits per heavy atom. The number of fused-ring (bicyclic) bond motifs is 8. The number of carbonyl (C=O) groups excluding carboxylic acids is 2. The fourth-order valence-corrected chi connectivity index (χ4v) is 6.70. The average molecular weight is 518 g/mol. The van der Waals surface area contributed by atoms with Crippen LogP contribution in [0.1, 0.15) is 49.0 Å². The second-order valence-corrected chi connectivity index (χ2v) is 11.2. The maximum absolute atomic E-state index is 14.5. The second-order valence-electron chi connectivity index (χ2n) is 9.81. The van der Waals surface area contributed by atoms with Crippen LogP contribution in [0.3, 0.4) is 0 Å². The standard InChI is InChI=1S/C28H31N5O3S/c1-2-37-16-11-25(34)32-14-12-28-23-9-3-4-10-24(23)33(27(28)35)19-21-18-31(30-29-21)13-6-15-36-22-8-5-7-20(17-22)26(28)32/h3-5,7-10,17-18,26H,2,6,11-16,19H2,1H3/t26-,28+/m0/s1. The van der Waals surface area contributed by atoms with Crippen LogP contribution in [0.4, 0.5) is 5.69 Å². The van der Waals surface area contributed by atoms with Crippen LogP contribution in [0.25, 0.3) is 0 Å². The molecule has 0 aliphatic carbocycles. The maximum atomic E-state index is 14.5. The predicted molar refractivity (Wildman–Crippen MR) is 143 cm³/mol. The molecule has 6 bridgehead atoms. The Morgan fingerprint density at radius 2 is 2.08 bits per heavy atom. The quantitative estimate of drug-likeness (QED) is 0.488. The van der Waals surface area contributed by atoms with Crippen molar-refractivity contribution in [1.82, 2.24) is 19.9 Å². The van der Waals surface area contributed by atoms with Crippen LogP contribution >= 0.6 is 11.8 Å². The summed E-state index contributed by atoms with van der Waals surface area (Å²) in [5, 5.41) is 8.62. The molecule has 4 heterocycles. The first kappa shape index (κ1) is 24.0. The van der Waals surface area contributed by atoms with Gasteiger partial charge < -0.3 is 14.5 Å². The highest BCUT2D eigenvalue weighted by Crippen LogP contribution is 2.57. The smallest absolute Gasteiger partial charge is 0.240 e. The molecule has 37 heavy (non-hydrogen) atoms. The summed E-state index contributed by atoms with van der Waals surface area (Å²) in [5.74, 6) is 2.62. The number of thioether (sulfide) groups is 1. The van der Waals surface area contributed by atoms with Gasteiger partial charge >= 0.3 is 0 Å². The Hall–Kier alpha value is -3.33. The number of amides is 2. The van der Waals surface area contributed by atoms with Gasteiger partial charge in [0, 0.05) is 37.4 Å². The zero-order valence-corrected chi connectivity index (χ0v) is 21.8. The Bertz CT molecular complexity index is 1330. The van der Waals surface area contributed by atoms with E-state index in [2.05, 4.69) is 23.3 Å². The molecule has 3 aromatic rings. The van der Waals surface area contributed by atoms with Gasteiger partial charge in [0.1, 0.15) is 16.9 Å². The monoisotopic (exact) mass is 517 g/mol. The highest BCUT2D eigenvalue weighted by Gasteiger charge is 2.61. The minimum Gasteiger partial charge on any atom is -0.494 e. The van der Waals surface area contributed by atoms with Crippen LogP contribution in [-0.2, 0) is 28.1 Å². The van der Waals surface area contributed by atoms with Crippen LogP contribution in [-0.4, -0.2) is 56.4 Å². The highest BCUT2D eigenvalue weighted by molar-refractivity contribution is 7.99. The van der Waals surface area contributed by atoms with Gasteiger partial charge in [0.25, 0.3) is 0 Å². The molecule has 9 heteroatoms. The van der Waals surface area contributed by atoms with Crippen molar-refractivity contribution >= 4 is 29.3 Å². The zero-order valence-electron chi connectivity index (χ0n) is 21.0. The molecule has 8 nitrogen and oxygen atoms in total. The van der Waals surface area contributed by atoms with Gasteiger partial charge in [0.15, 0.2) is 0 Å². The van der Waals surface area contributed by atoms with E-state index in [1.807, 2.05) is 63.1 Å². The van der Waals surface area contributed by atoms with Crippen molar-refractivity contribution in [2.24, 2.45) is 0 Å². The van der Waals surface area contributed by atoms with Crippen molar-refractivity contribution in [1.29, 1.82) is 0 Å². The van der Waals surface area contributed by atoms with E-state index in [1.165, 1.54) is 0 Å². The number of nitrogens with zero attached hydrogens (tertiary/aromatic N) is 5. The minimum atomic E-state index is -0.862. The van der Waals surface area contributed by atoms with Crippen molar-refractivity contribution in [3.63, 3.8) is 0 Å². The summed E-state index contributed by atoms with van der Waals surface area (Å²) in [7, 11) is 0. The lowest BCUT2D eigenvalue weighted by Crippen LogP contribution is -2.45. The SMILES string of the molecule is CCSCCC(=O)N1CC[C@]23C(=O)N(Cc4cn(nn4)CCCOc4cccc(c4)[C@H]12)c1ccccc13. The third-order valence-electron chi connectivity index (χ3n) is 7.69. The Kier molecular flexibility index (Phi) is 6.40. The van der Waals surface area contributed by atoms with E-state index in [0.29, 0.717) is 39.1 Å². The molecule has 192 valence electrons. The van der Waals surface area contributed by atoms with E-state index in [9.17, 15) is 9.59 Å². The molecular formula is C28H31N5O3S. The van der Waals surface area contributed by atoms with Crippen LogP contribution in [0.2, 0.25) is 0 Å². The summed E-state index contributed by atoms with van der Waals surface area (Å²) in [5.41, 5.74) is 2.70. The number of aromatic nitrogens is 3. The molecule has 2 atom stereocenters. The number of likely N-dealkylation sites (tertiary alicyclic amines) is 1. The van der Waals surface area contributed by atoms with Crippen LogP contribution in [0, 0.1) is 0 Å². The lowest BCUT2D eigenvalue weighted by atomic mass is 9.72. The fraction of sp³-hybridized carbons (Fsp3) is 0.429. The maximum Gasteiger partial charge on any atom is 0.240 e. The largest absolute Gasteiger partial charge is 0.494 e. The van der Waals surface area contributed by atoms with Crippen molar-refractivity contribution < 1.29 is 14.3 Å². The van der Waals surface area contributed by atoms with Gasteiger partial charge in [-0.3, -0.25) is 14.3 Å². The van der Waals surface area contributed by atoms with Gasteiger partial charge in [-0.2, -0.15) is 11.8 Å². The van der Waals surface area contributed by atoms with Gasteiger partial charge in [-0.1, -0.05) is 42.5 Å². The molecular weight excluding hydrogens is 486 g/mol. The number of hydrogen-bond donors (Lipinski definition) is 0. The fourth-order valence-electron chi connectivity index (χ4n) is 6.10. The molecule has 1 fully saturated rings.